The summed E-state index contributed by atoms with van der Waals surface area (Å²) in [6, 6.07) is 8.12. The highest BCUT2D eigenvalue weighted by Crippen LogP contribution is 2.26. The molecular weight excluding hydrogens is 229 g/mol. The zero-order valence-corrected chi connectivity index (χ0v) is 10.7. The van der Waals surface area contributed by atoms with Gasteiger partial charge in [-0.25, -0.2) is 4.39 Å². The lowest BCUT2D eigenvalue weighted by atomic mass is 9.97. The minimum absolute atomic E-state index is 0.287. The van der Waals surface area contributed by atoms with Gasteiger partial charge in [-0.15, -0.1) is 0 Å². The molecule has 0 aliphatic carbocycles. The van der Waals surface area contributed by atoms with Crippen molar-refractivity contribution in [2.45, 2.75) is 26.9 Å². The fraction of sp³-hybridized carbons (Fsp3) is 0.267. The average Bonchev–Trinajstić information content (AvgIpc) is 2.26. The van der Waals surface area contributed by atoms with Crippen molar-refractivity contribution in [1.82, 2.24) is 4.98 Å². The van der Waals surface area contributed by atoms with Gasteiger partial charge in [0.1, 0.15) is 11.9 Å². The van der Waals surface area contributed by atoms with Crippen LogP contribution in [-0.4, -0.2) is 10.1 Å². The van der Waals surface area contributed by atoms with Crippen molar-refractivity contribution < 1.29 is 9.50 Å². The minimum Gasteiger partial charge on any atom is -0.384 e. The zero-order chi connectivity index (χ0) is 13.3. The Balaban J connectivity index is 2.44. The molecule has 0 saturated carbocycles. The third kappa shape index (κ3) is 2.57. The molecule has 0 saturated heterocycles. The molecule has 1 aromatic heterocycles. The highest BCUT2D eigenvalue weighted by Gasteiger charge is 2.14. The predicted molar refractivity (Wildman–Crippen MR) is 68.9 cm³/mol. The minimum atomic E-state index is -0.744. The molecule has 0 amide bonds. The van der Waals surface area contributed by atoms with Crippen LogP contribution < -0.4 is 0 Å². The highest BCUT2D eigenvalue weighted by atomic mass is 19.1. The fourth-order valence-corrected chi connectivity index (χ4v) is 2.15. The van der Waals surface area contributed by atoms with Gasteiger partial charge in [-0.2, -0.15) is 0 Å². The number of hydrogen-bond acceptors (Lipinski definition) is 2. The maximum atomic E-state index is 13.0. The Morgan fingerprint density at radius 3 is 2.22 bits per heavy atom. The smallest absolute Gasteiger partial charge is 0.123 e. The Morgan fingerprint density at radius 1 is 1.06 bits per heavy atom. The second kappa shape index (κ2) is 4.86. The van der Waals surface area contributed by atoms with Crippen LogP contribution in [0.2, 0.25) is 0 Å². The SMILES string of the molecule is Cc1cc(C(O)c2ccc(F)cc2C)cc(C)n1. The van der Waals surface area contributed by atoms with E-state index in [2.05, 4.69) is 4.98 Å². The van der Waals surface area contributed by atoms with Crippen molar-refractivity contribution in [3.8, 4) is 0 Å². The molecule has 0 aliphatic rings. The van der Waals surface area contributed by atoms with E-state index in [1.807, 2.05) is 26.0 Å². The van der Waals surface area contributed by atoms with Crippen LogP contribution in [0.4, 0.5) is 4.39 Å². The standard InChI is InChI=1S/C15H16FNO/c1-9-6-13(16)4-5-14(9)15(18)12-7-10(2)17-11(3)8-12/h4-8,15,18H,1-3H3. The number of nitrogens with zero attached hydrogens (tertiary/aromatic N) is 1. The molecule has 0 bridgehead atoms. The summed E-state index contributed by atoms with van der Waals surface area (Å²) in [5.74, 6) is -0.287. The lowest BCUT2D eigenvalue weighted by molar-refractivity contribution is 0.219. The molecule has 2 aromatic rings. The van der Waals surface area contributed by atoms with Crippen molar-refractivity contribution >= 4 is 0 Å². The van der Waals surface area contributed by atoms with Gasteiger partial charge in [0.25, 0.3) is 0 Å². The number of benzene rings is 1. The monoisotopic (exact) mass is 245 g/mol. The van der Waals surface area contributed by atoms with Gasteiger partial charge < -0.3 is 5.11 Å². The first kappa shape index (κ1) is 12.7. The second-order valence-corrected chi connectivity index (χ2v) is 4.59. The number of aromatic nitrogens is 1. The van der Waals surface area contributed by atoms with Crippen LogP contribution in [0.15, 0.2) is 30.3 Å². The van der Waals surface area contributed by atoms with Gasteiger partial charge in [0.2, 0.25) is 0 Å². The molecule has 0 radical (unpaired) electrons. The Morgan fingerprint density at radius 2 is 1.67 bits per heavy atom. The number of rotatable bonds is 2. The summed E-state index contributed by atoms with van der Waals surface area (Å²) < 4.78 is 13.0. The number of aryl methyl sites for hydroxylation is 3. The highest BCUT2D eigenvalue weighted by molar-refractivity contribution is 5.36. The predicted octanol–water partition coefficient (Wildman–Crippen LogP) is 3.23. The zero-order valence-electron chi connectivity index (χ0n) is 10.7. The first-order valence-corrected chi connectivity index (χ1v) is 5.86. The topological polar surface area (TPSA) is 33.1 Å². The maximum Gasteiger partial charge on any atom is 0.123 e. The van der Waals surface area contributed by atoms with Crippen LogP contribution in [0, 0.1) is 26.6 Å². The van der Waals surface area contributed by atoms with E-state index in [-0.39, 0.29) is 5.82 Å². The fourth-order valence-electron chi connectivity index (χ4n) is 2.15. The Labute approximate surface area is 106 Å². The largest absolute Gasteiger partial charge is 0.384 e. The number of aliphatic hydroxyl groups is 1. The van der Waals surface area contributed by atoms with Crippen molar-refractivity contribution in [1.29, 1.82) is 0 Å². The summed E-state index contributed by atoms with van der Waals surface area (Å²) in [5, 5.41) is 10.4. The molecule has 0 spiro atoms. The number of hydrogen-bond donors (Lipinski definition) is 1. The number of aliphatic hydroxyl groups excluding tert-OH is 1. The molecule has 1 unspecified atom stereocenters. The van der Waals surface area contributed by atoms with Gasteiger partial charge in [-0.05, 0) is 61.7 Å². The van der Waals surface area contributed by atoms with Gasteiger partial charge in [-0.1, -0.05) is 6.07 Å². The van der Waals surface area contributed by atoms with Gasteiger partial charge >= 0.3 is 0 Å². The first-order valence-electron chi connectivity index (χ1n) is 5.86. The Kier molecular flexibility index (Phi) is 3.43. The molecule has 1 N–H and O–H groups in total. The number of pyridine rings is 1. The molecule has 0 fully saturated rings. The summed E-state index contributed by atoms with van der Waals surface area (Å²) >= 11 is 0. The van der Waals surface area contributed by atoms with E-state index in [0.717, 1.165) is 28.1 Å². The van der Waals surface area contributed by atoms with Gasteiger partial charge in [0.15, 0.2) is 0 Å². The third-order valence-electron chi connectivity index (χ3n) is 2.95. The van der Waals surface area contributed by atoms with E-state index in [0.29, 0.717) is 0 Å². The van der Waals surface area contributed by atoms with Gasteiger partial charge in [0, 0.05) is 11.4 Å². The molecule has 2 rings (SSSR count). The lowest BCUT2D eigenvalue weighted by Crippen LogP contribution is -2.04. The molecule has 2 nitrogen and oxygen atoms in total. The van der Waals surface area contributed by atoms with E-state index in [4.69, 9.17) is 0 Å². The van der Waals surface area contributed by atoms with Crippen LogP contribution in [-0.2, 0) is 0 Å². The third-order valence-corrected chi connectivity index (χ3v) is 2.95. The molecule has 1 aromatic carbocycles. The molecule has 1 heterocycles. The van der Waals surface area contributed by atoms with Crippen molar-refractivity contribution in [3.05, 3.63) is 64.2 Å². The van der Waals surface area contributed by atoms with Crippen molar-refractivity contribution in [2.24, 2.45) is 0 Å². The quantitative estimate of drug-likeness (QED) is 0.881. The summed E-state index contributed by atoms with van der Waals surface area (Å²) in [6.07, 6.45) is -0.744. The van der Waals surface area contributed by atoms with E-state index < -0.39 is 6.10 Å². The normalized spacial score (nSPS) is 12.5. The van der Waals surface area contributed by atoms with Crippen LogP contribution in [0.1, 0.15) is 34.2 Å². The van der Waals surface area contributed by atoms with Gasteiger partial charge in [-0.3, -0.25) is 4.98 Å². The summed E-state index contributed by atoms with van der Waals surface area (Å²) in [5.41, 5.74) is 3.98. The summed E-state index contributed by atoms with van der Waals surface area (Å²) in [6.45, 7) is 5.57. The maximum absolute atomic E-state index is 13.0. The second-order valence-electron chi connectivity index (χ2n) is 4.59. The van der Waals surface area contributed by atoms with E-state index >= 15 is 0 Å². The van der Waals surface area contributed by atoms with Gasteiger partial charge in [0.05, 0.1) is 0 Å². The van der Waals surface area contributed by atoms with Crippen LogP contribution in [0.5, 0.6) is 0 Å². The molecule has 3 heteroatoms. The van der Waals surface area contributed by atoms with Crippen molar-refractivity contribution in [3.63, 3.8) is 0 Å². The Bertz CT molecular complexity index is 560. The van der Waals surface area contributed by atoms with Crippen LogP contribution in [0.25, 0.3) is 0 Å². The summed E-state index contributed by atoms with van der Waals surface area (Å²) in [4.78, 5) is 4.28. The van der Waals surface area contributed by atoms with Crippen LogP contribution >= 0.6 is 0 Å². The first-order chi connectivity index (χ1) is 8.47. The van der Waals surface area contributed by atoms with E-state index in [9.17, 15) is 9.50 Å². The van der Waals surface area contributed by atoms with E-state index in [1.165, 1.54) is 12.1 Å². The van der Waals surface area contributed by atoms with Crippen molar-refractivity contribution in [2.75, 3.05) is 0 Å². The lowest BCUT2D eigenvalue weighted by Gasteiger charge is -2.15. The number of halogens is 1. The average molecular weight is 245 g/mol. The van der Waals surface area contributed by atoms with Crippen LogP contribution in [0.3, 0.4) is 0 Å². The molecule has 1 atom stereocenters. The molecular formula is C15H16FNO. The summed E-state index contributed by atoms with van der Waals surface area (Å²) in [7, 11) is 0. The Hall–Kier alpha value is -1.74. The van der Waals surface area contributed by atoms with E-state index in [1.54, 1.807) is 13.0 Å². The molecule has 0 aliphatic heterocycles. The molecule has 18 heavy (non-hydrogen) atoms. The molecule has 94 valence electrons.